The summed E-state index contributed by atoms with van der Waals surface area (Å²) in [6, 6.07) is 3.67. The Bertz CT molecular complexity index is 445. The number of benzene rings is 1. The molecule has 0 spiro atoms. The van der Waals surface area contributed by atoms with Crippen LogP contribution in [0.4, 0.5) is 0 Å². The van der Waals surface area contributed by atoms with Crippen molar-refractivity contribution in [1.82, 2.24) is 5.32 Å². The number of aliphatic carboxylic acids is 1. The highest BCUT2D eigenvalue weighted by molar-refractivity contribution is 5.66. The quantitative estimate of drug-likeness (QED) is 0.792. The molecule has 19 heavy (non-hydrogen) atoms. The first kappa shape index (κ1) is 15.3. The largest absolute Gasteiger partial charge is 0.497 e. The molecule has 1 aromatic carbocycles. The second kappa shape index (κ2) is 6.99. The molecular weight excluding hydrogens is 246 g/mol. The number of carboxylic acid groups (broad SMARTS) is 1. The molecule has 0 radical (unpaired) electrons. The number of rotatable bonds is 7. The Morgan fingerprint density at radius 3 is 2.53 bits per heavy atom. The summed E-state index contributed by atoms with van der Waals surface area (Å²) < 4.78 is 10.6. The summed E-state index contributed by atoms with van der Waals surface area (Å²) in [6.07, 6.45) is 0.621. The minimum atomic E-state index is -0.801. The van der Waals surface area contributed by atoms with Gasteiger partial charge in [0.1, 0.15) is 11.5 Å². The SMILES string of the molecule is CNC(CCC(=O)O)c1c(C)cc(OC)cc1OC. The topological polar surface area (TPSA) is 67.8 Å². The summed E-state index contributed by atoms with van der Waals surface area (Å²) in [6.45, 7) is 1.96. The van der Waals surface area contributed by atoms with Crippen LogP contribution in [0, 0.1) is 6.92 Å². The van der Waals surface area contributed by atoms with Crippen LogP contribution in [0.3, 0.4) is 0 Å². The van der Waals surface area contributed by atoms with Gasteiger partial charge in [-0.1, -0.05) is 0 Å². The fraction of sp³-hybridized carbons (Fsp3) is 0.500. The first-order valence-corrected chi connectivity index (χ1v) is 6.15. The van der Waals surface area contributed by atoms with Crippen molar-refractivity contribution in [2.75, 3.05) is 21.3 Å². The van der Waals surface area contributed by atoms with E-state index in [0.29, 0.717) is 12.2 Å². The minimum absolute atomic E-state index is 0.0584. The Kier molecular flexibility index (Phi) is 5.63. The van der Waals surface area contributed by atoms with E-state index in [1.807, 2.05) is 26.1 Å². The number of carbonyl (C=O) groups is 1. The van der Waals surface area contributed by atoms with Gasteiger partial charge in [-0.05, 0) is 32.0 Å². The van der Waals surface area contributed by atoms with Gasteiger partial charge in [-0.15, -0.1) is 0 Å². The number of methoxy groups -OCH3 is 2. The highest BCUT2D eigenvalue weighted by Gasteiger charge is 2.19. The van der Waals surface area contributed by atoms with Gasteiger partial charge in [-0.3, -0.25) is 4.79 Å². The smallest absolute Gasteiger partial charge is 0.303 e. The molecule has 1 aromatic rings. The zero-order valence-electron chi connectivity index (χ0n) is 11.8. The van der Waals surface area contributed by atoms with Crippen molar-refractivity contribution in [3.63, 3.8) is 0 Å². The van der Waals surface area contributed by atoms with E-state index in [1.165, 1.54) is 0 Å². The van der Waals surface area contributed by atoms with Crippen LogP contribution in [0.2, 0.25) is 0 Å². The summed E-state index contributed by atoms with van der Waals surface area (Å²) in [5.41, 5.74) is 1.99. The van der Waals surface area contributed by atoms with E-state index in [2.05, 4.69) is 5.32 Å². The molecule has 0 aliphatic rings. The van der Waals surface area contributed by atoms with Crippen molar-refractivity contribution in [3.05, 3.63) is 23.3 Å². The number of hydrogen-bond acceptors (Lipinski definition) is 4. The molecule has 5 nitrogen and oxygen atoms in total. The molecule has 0 heterocycles. The molecule has 0 saturated carbocycles. The number of ether oxygens (including phenoxy) is 2. The van der Waals surface area contributed by atoms with Crippen LogP contribution >= 0.6 is 0 Å². The van der Waals surface area contributed by atoms with Gasteiger partial charge in [0.15, 0.2) is 0 Å². The molecular formula is C14H21NO4. The second-order valence-corrected chi connectivity index (χ2v) is 4.33. The normalized spacial score (nSPS) is 12.0. The average Bonchev–Trinajstić information content (AvgIpc) is 2.39. The lowest BCUT2D eigenvalue weighted by atomic mass is 9.96. The second-order valence-electron chi connectivity index (χ2n) is 4.33. The van der Waals surface area contributed by atoms with Gasteiger partial charge >= 0.3 is 5.97 Å². The maximum absolute atomic E-state index is 10.7. The highest BCUT2D eigenvalue weighted by Crippen LogP contribution is 2.34. The first-order chi connectivity index (χ1) is 9.03. The van der Waals surface area contributed by atoms with Gasteiger partial charge in [-0.2, -0.15) is 0 Å². The molecule has 0 saturated heterocycles. The monoisotopic (exact) mass is 267 g/mol. The van der Waals surface area contributed by atoms with Crippen molar-refractivity contribution in [3.8, 4) is 11.5 Å². The van der Waals surface area contributed by atoms with Gasteiger partial charge in [0.05, 0.1) is 14.2 Å². The van der Waals surface area contributed by atoms with Crippen molar-refractivity contribution in [1.29, 1.82) is 0 Å². The lowest BCUT2D eigenvalue weighted by Crippen LogP contribution is -2.19. The molecule has 0 aliphatic heterocycles. The van der Waals surface area contributed by atoms with Crippen LogP contribution < -0.4 is 14.8 Å². The van der Waals surface area contributed by atoms with E-state index < -0.39 is 5.97 Å². The van der Waals surface area contributed by atoms with E-state index in [0.717, 1.165) is 16.9 Å². The van der Waals surface area contributed by atoms with Gasteiger partial charge in [-0.25, -0.2) is 0 Å². The molecule has 106 valence electrons. The molecule has 0 amide bonds. The zero-order chi connectivity index (χ0) is 14.4. The molecule has 1 unspecified atom stereocenters. The van der Waals surface area contributed by atoms with Crippen LogP contribution in [-0.4, -0.2) is 32.3 Å². The maximum Gasteiger partial charge on any atom is 0.303 e. The van der Waals surface area contributed by atoms with Crippen LogP contribution in [0.15, 0.2) is 12.1 Å². The third-order valence-electron chi connectivity index (χ3n) is 3.12. The molecule has 0 aromatic heterocycles. The Morgan fingerprint density at radius 1 is 1.37 bits per heavy atom. The van der Waals surface area contributed by atoms with Crippen LogP contribution in [-0.2, 0) is 4.79 Å². The molecule has 2 N–H and O–H groups in total. The molecule has 5 heteroatoms. The minimum Gasteiger partial charge on any atom is -0.497 e. The van der Waals surface area contributed by atoms with E-state index >= 15 is 0 Å². The maximum atomic E-state index is 10.7. The molecule has 0 aliphatic carbocycles. The van der Waals surface area contributed by atoms with E-state index in [9.17, 15) is 4.79 Å². The summed E-state index contributed by atoms with van der Waals surface area (Å²) in [7, 11) is 5.02. The van der Waals surface area contributed by atoms with Crippen LogP contribution in [0.25, 0.3) is 0 Å². The summed E-state index contributed by atoms with van der Waals surface area (Å²) >= 11 is 0. The standard InChI is InChI=1S/C14H21NO4/c1-9-7-10(18-3)8-12(19-4)14(9)11(15-2)5-6-13(16)17/h7-8,11,15H,5-6H2,1-4H3,(H,16,17). The predicted molar refractivity (Wildman–Crippen MR) is 73.0 cm³/mol. The highest BCUT2D eigenvalue weighted by atomic mass is 16.5. The van der Waals surface area contributed by atoms with E-state index in [1.54, 1.807) is 14.2 Å². The van der Waals surface area contributed by atoms with Crippen molar-refractivity contribution in [2.45, 2.75) is 25.8 Å². The lowest BCUT2D eigenvalue weighted by Gasteiger charge is -2.21. The number of nitrogens with one attached hydrogen (secondary N) is 1. The number of carboxylic acids is 1. The Labute approximate surface area is 113 Å². The van der Waals surface area contributed by atoms with Crippen LogP contribution in [0.1, 0.15) is 30.0 Å². The van der Waals surface area contributed by atoms with Crippen LogP contribution in [0.5, 0.6) is 11.5 Å². The third-order valence-corrected chi connectivity index (χ3v) is 3.12. The molecule has 1 atom stereocenters. The summed E-state index contributed by atoms with van der Waals surface area (Å²) in [4.78, 5) is 10.7. The predicted octanol–water partition coefficient (Wildman–Crippen LogP) is 2.14. The third kappa shape index (κ3) is 3.86. The number of aryl methyl sites for hydroxylation is 1. The zero-order valence-corrected chi connectivity index (χ0v) is 11.8. The summed E-state index contributed by atoms with van der Waals surface area (Å²) in [5.74, 6) is 0.637. The van der Waals surface area contributed by atoms with Gasteiger partial charge in [0.25, 0.3) is 0 Å². The fourth-order valence-electron chi connectivity index (χ4n) is 2.17. The summed E-state index contributed by atoms with van der Waals surface area (Å²) in [5, 5.41) is 11.9. The number of hydrogen-bond donors (Lipinski definition) is 2. The van der Waals surface area contributed by atoms with Gasteiger partial charge in [0.2, 0.25) is 0 Å². The van der Waals surface area contributed by atoms with E-state index in [4.69, 9.17) is 14.6 Å². The Balaban J connectivity index is 3.11. The van der Waals surface area contributed by atoms with Gasteiger partial charge in [0, 0.05) is 24.1 Å². The van der Waals surface area contributed by atoms with Crippen molar-refractivity contribution >= 4 is 5.97 Å². The van der Waals surface area contributed by atoms with Crippen molar-refractivity contribution in [2.24, 2.45) is 0 Å². The lowest BCUT2D eigenvalue weighted by molar-refractivity contribution is -0.137. The Morgan fingerprint density at radius 2 is 2.05 bits per heavy atom. The molecule has 1 rings (SSSR count). The van der Waals surface area contributed by atoms with Gasteiger partial charge < -0.3 is 19.9 Å². The van der Waals surface area contributed by atoms with Crippen molar-refractivity contribution < 1.29 is 19.4 Å². The molecule has 0 fully saturated rings. The average molecular weight is 267 g/mol. The first-order valence-electron chi connectivity index (χ1n) is 6.15. The molecule has 0 bridgehead atoms. The Hall–Kier alpha value is -1.75. The van der Waals surface area contributed by atoms with E-state index in [-0.39, 0.29) is 12.5 Å². The fourth-order valence-corrected chi connectivity index (χ4v) is 2.17.